The van der Waals surface area contributed by atoms with Crippen LogP contribution in [0.15, 0.2) is 24.3 Å². The molecule has 0 aliphatic carbocycles. The molecule has 1 aromatic carbocycles. The number of carbonyl (C=O) groups is 2. The minimum Gasteiger partial charge on any atom is -0.508 e. The van der Waals surface area contributed by atoms with Crippen molar-refractivity contribution in [3.05, 3.63) is 29.8 Å². The van der Waals surface area contributed by atoms with E-state index in [1.165, 1.54) is 12.1 Å². The van der Waals surface area contributed by atoms with Crippen LogP contribution in [0.2, 0.25) is 0 Å². The van der Waals surface area contributed by atoms with Crippen LogP contribution in [-0.2, 0) is 9.59 Å². The summed E-state index contributed by atoms with van der Waals surface area (Å²) in [6, 6.07) is 6.16. The Kier molecular flexibility index (Phi) is 3.57. The van der Waals surface area contributed by atoms with Crippen molar-refractivity contribution in [3.63, 3.8) is 0 Å². The summed E-state index contributed by atoms with van der Waals surface area (Å²) in [7, 11) is 0. The smallest absolute Gasteiger partial charge is 0.261 e. The second-order valence-electron chi connectivity index (χ2n) is 5.29. The van der Waals surface area contributed by atoms with E-state index in [2.05, 4.69) is 0 Å². The van der Waals surface area contributed by atoms with E-state index in [0.29, 0.717) is 12.0 Å². The summed E-state index contributed by atoms with van der Waals surface area (Å²) < 4.78 is 0. The van der Waals surface area contributed by atoms with E-state index in [1.54, 1.807) is 12.1 Å². The van der Waals surface area contributed by atoms with Crippen LogP contribution in [0.4, 0.5) is 0 Å². The quantitative estimate of drug-likeness (QED) is 0.645. The molecule has 2 amide bonds. The lowest BCUT2D eigenvalue weighted by Gasteiger charge is -2.17. The molecule has 1 fully saturated rings. The molecule has 2 rings (SSSR count). The van der Waals surface area contributed by atoms with Gasteiger partial charge in [-0.1, -0.05) is 26.0 Å². The van der Waals surface area contributed by atoms with Crippen LogP contribution in [0.1, 0.15) is 31.7 Å². The normalized spacial score (nSPS) is 23.5. The van der Waals surface area contributed by atoms with Gasteiger partial charge in [0.25, 0.3) is 11.8 Å². The Morgan fingerprint density at radius 2 is 1.74 bits per heavy atom. The molecule has 1 aliphatic heterocycles. The van der Waals surface area contributed by atoms with Crippen LogP contribution in [0, 0.1) is 11.8 Å². The predicted molar refractivity (Wildman–Crippen MR) is 67.4 cm³/mol. The minimum absolute atomic E-state index is 0.0989. The van der Waals surface area contributed by atoms with Gasteiger partial charge in [0.15, 0.2) is 0 Å². The van der Waals surface area contributed by atoms with E-state index < -0.39 is 23.7 Å². The summed E-state index contributed by atoms with van der Waals surface area (Å²) in [4.78, 5) is 23.9. The molecule has 2 N–H and O–H groups in total. The average molecular weight is 263 g/mol. The number of nitrogens with zero attached hydrogens (tertiary/aromatic N) is 1. The molecule has 2 atom stereocenters. The van der Waals surface area contributed by atoms with Crippen molar-refractivity contribution in [2.75, 3.05) is 0 Å². The van der Waals surface area contributed by atoms with Crippen LogP contribution in [0.3, 0.4) is 0 Å². The summed E-state index contributed by atoms with van der Waals surface area (Å²) >= 11 is 0. The molecule has 102 valence electrons. The predicted octanol–water partition coefficient (Wildman–Crippen LogP) is 1.90. The number of amides is 2. The van der Waals surface area contributed by atoms with Gasteiger partial charge in [-0.15, -0.1) is 0 Å². The zero-order valence-corrected chi connectivity index (χ0v) is 10.9. The highest BCUT2D eigenvalue weighted by molar-refractivity contribution is 6.06. The van der Waals surface area contributed by atoms with Crippen LogP contribution in [0.5, 0.6) is 5.75 Å². The lowest BCUT2D eigenvalue weighted by Crippen LogP contribution is -2.27. The van der Waals surface area contributed by atoms with Crippen molar-refractivity contribution in [2.45, 2.75) is 26.2 Å². The van der Waals surface area contributed by atoms with Crippen LogP contribution < -0.4 is 0 Å². The molecule has 0 aromatic heterocycles. The number of phenols is 1. The highest BCUT2D eigenvalue weighted by atomic mass is 16.5. The van der Waals surface area contributed by atoms with Gasteiger partial charge in [0.2, 0.25) is 0 Å². The second-order valence-corrected chi connectivity index (χ2v) is 5.29. The maximum atomic E-state index is 12.0. The largest absolute Gasteiger partial charge is 0.508 e. The first-order valence-corrected chi connectivity index (χ1v) is 6.27. The van der Waals surface area contributed by atoms with E-state index in [4.69, 9.17) is 0 Å². The van der Waals surface area contributed by atoms with E-state index in [0.717, 1.165) is 0 Å². The van der Waals surface area contributed by atoms with Crippen molar-refractivity contribution in [3.8, 4) is 5.75 Å². The molecule has 1 aromatic rings. The van der Waals surface area contributed by atoms with E-state index in [1.807, 2.05) is 13.8 Å². The fraction of sp³-hybridized carbons (Fsp3) is 0.429. The maximum absolute atomic E-state index is 12.0. The Balaban J connectivity index is 2.36. The summed E-state index contributed by atoms with van der Waals surface area (Å²) in [6.45, 7) is 3.93. The topological polar surface area (TPSA) is 77.8 Å². The Bertz CT molecular complexity index is 495. The third-order valence-electron chi connectivity index (χ3n) is 3.38. The van der Waals surface area contributed by atoms with Gasteiger partial charge in [0.1, 0.15) is 5.75 Å². The van der Waals surface area contributed by atoms with Gasteiger partial charge in [0, 0.05) is 0 Å². The lowest BCUT2D eigenvalue weighted by molar-refractivity contribution is -0.172. The number of aromatic hydroxyl groups is 1. The van der Waals surface area contributed by atoms with E-state index in [9.17, 15) is 19.9 Å². The van der Waals surface area contributed by atoms with Crippen molar-refractivity contribution >= 4 is 11.8 Å². The van der Waals surface area contributed by atoms with Crippen molar-refractivity contribution in [2.24, 2.45) is 11.8 Å². The first kappa shape index (κ1) is 13.5. The number of hydrogen-bond donors (Lipinski definition) is 2. The standard InChI is InChI=1S/C14H17NO4/c1-8(2)7-11-12(14(18)15(19)13(11)17)9-3-5-10(16)6-4-9/h3-6,8,11-12,16,19H,7H2,1-2H3/t11-,12-/m0/s1. The number of carbonyl (C=O) groups excluding carboxylic acids is 2. The highest BCUT2D eigenvalue weighted by Crippen LogP contribution is 2.38. The molecule has 0 radical (unpaired) electrons. The van der Waals surface area contributed by atoms with Gasteiger partial charge in [-0.05, 0) is 30.0 Å². The van der Waals surface area contributed by atoms with Gasteiger partial charge in [-0.3, -0.25) is 14.8 Å². The number of hydroxylamine groups is 2. The summed E-state index contributed by atoms with van der Waals surface area (Å²) in [5, 5.41) is 19.0. The van der Waals surface area contributed by atoms with Crippen LogP contribution in [0.25, 0.3) is 0 Å². The van der Waals surface area contributed by atoms with Gasteiger partial charge in [-0.2, -0.15) is 5.06 Å². The number of hydrogen-bond acceptors (Lipinski definition) is 4. The fourth-order valence-corrected chi connectivity index (χ4v) is 2.51. The first-order valence-electron chi connectivity index (χ1n) is 6.27. The summed E-state index contributed by atoms with van der Waals surface area (Å²) in [5.74, 6) is -2.00. The van der Waals surface area contributed by atoms with Crippen LogP contribution in [-0.4, -0.2) is 27.2 Å². The molecular formula is C14H17NO4. The average Bonchev–Trinajstić information content (AvgIpc) is 2.55. The third kappa shape index (κ3) is 2.46. The monoisotopic (exact) mass is 263 g/mol. The Labute approximate surface area is 111 Å². The molecule has 1 aliphatic rings. The van der Waals surface area contributed by atoms with Crippen molar-refractivity contribution in [1.29, 1.82) is 0 Å². The maximum Gasteiger partial charge on any atom is 0.261 e. The lowest BCUT2D eigenvalue weighted by atomic mass is 9.83. The fourth-order valence-electron chi connectivity index (χ4n) is 2.51. The Hall–Kier alpha value is -1.88. The van der Waals surface area contributed by atoms with Crippen LogP contribution >= 0.6 is 0 Å². The molecular weight excluding hydrogens is 246 g/mol. The Morgan fingerprint density at radius 3 is 2.26 bits per heavy atom. The zero-order valence-electron chi connectivity index (χ0n) is 10.9. The van der Waals surface area contributed by atoms with E-state index >= 15 is 0 Å². The molecule has 1 heterocycles. The first-order chi connectivity index (χ1) is 8.91. The molecule has 0 spiro atoms. The second kappa shape index (κ2) is 5.01. The van der Waals surface area contributed by atoms with E-state index in [-0.39, 0.29) is 16.7 Å². The van der Waals surface area contributed by atoms with Gasteiger partial charge >= 0.3 is 0 Å². The summed E-state index contributed by atoms with van der Waals surface area (Å²) in [6.07, 6.45) is 0.535. The number of rotatable bonds is 3. The zero-order chi connectivity index (χ0) is 14.2. The van der Waals surface area contributed by atoms with Crippen molar-refractivity contribution < 1.29 is 19.9 Å². The Morgan fingerprint density at radius 1 is 1.16 bits per heavy atom. The molecule has 5 heteroatoms. The third-order valence-corrected chi connectivity index (χ3v) is 3.38. The highest BCUT2D eigenvalue weighted by Gasteiger charge is 2.48. The van der Waals surface area contributed by atoms with Gasteiger partial charge < -0.3 is 5.11 Å². The van der Waals surface area contributed by atoms with Crippen molar-refractivity contribution in [1.82, 2.24) is 5.06 Å². The van der Waals surface area contributed by atoms with Gasteiger partial charge in [-0.25, -0.2) is 0 Å². The molecule has 19 heavy (non-hydrogen) atoms. The van der Waals surface area contributed by atoms with Gasteiger partial charge in [0.05, 0.1) is 11.8 Å². The number of benzene rings is 1. The summed E-state index contributed by atoms with van der Waals surface area (Å²) in [5.41, 5.74) is 0.637. The molecule has 0 bridgehead atoms. The minimum atomic E-state index is -0.666. The molecule has 0 unspecified atom stereocenters. The molecule has 1 saturated heterocycles. The molecule has 0 saturated carbocycles. The SMILES string of the molecule is CC(C)C[C@@H]1C(=O)N(O)C(=O)[C@H]1c1ccc(O)cc1. The number of phenolic OH excluding ortho intramolecular Hbond substituents is 1. The number of imide groups is 1. The molecule has 5 nitrogen and oxygen atoms in total.